The van der Waals surface area contributed by atoms with E-state index in [9.17, 15) is 8.78 Å². The van der Waals surface area contributed by atoms with Gasteiger partial charge in [-0.25, -0.2) is 8.78 Å². The lowest BCUT2D eigenvalue weighted by atomic mass is 9.97. The maximum absolute atomic E-state index is 14.1. The van der Waals surface area contributed by atoms with E-state index in [1.807, 2.05) is 4.90 Å². The molecule has 0 radical (unpaired) electrons. The molecule has 2 atom stereocenters. The highest BCUT2D eigenvalue weighted by atomic mass is 19.1. The predicted octanol–water partition coefficient (Wildman–Crippen LogP) is 3.63. The summed E-state index contributed by atoms with van der Waals surface area (Å²) in [5.74, 6) is -0.657. The lowest BCUT2D eigenvalue weighted by molar-refractivity contribution is 0.366. The first-order chi connectivity index (χ1) is 9.52. The lowest BCUT2D eigenvalue weighted by Crippen LogP contribution is -2.48. The van der Waals surface area contributed by atoms with Gasteiger partial charge in [0.1, 0.15) is 11.6 Å². The Hall–Kier alpha value is -1.16. The average molecular weight is 282 g/mol. The Morgan fingerprint density at radius 3 is 2.70 bits per heavy atom. The Kier molecular flexibility index (Phi) is 4.97. The minimum atomic E-state index is -0.333. The molecule has 1 fully saturated rings. The third-order valence-corrected chi connectivity index (χ3v) is 4.10. The van der Waals surface area contributed by atoms with Crippen LogP contribution in [0.3, 0.4) is 0 Å². The molecule has 1 aliphatic heterocycles. The topological polar surface area (TPSA) is 15.3 Å². The van der Waals surface area contributed by atoms with Crippen molar-refractivity contribution in [1.29, 1.82) is 0 Å². The van der Waals surface area contributed by atoms with Crippen molar-refractivity contribution in [1.82, 2.24) is 5.32 Å². The first-order valence-corrected chi connectivity index (χ1v) is 7.48. The quantitative estimate of drug-likeness (QED) is 0.907. The predicted molar refractivity (Wildman–Crippen MR) is 79.2 cm³/mol. The molecule has 0 aromatic heterocycles. The number of piperidine rings is 1. The first-order valence-electron chi connectivity index (χ1n) is 7.48. The molecule has 2 nitrogen and oxygen atoms in total. The Morgan fingerprint density at radius 2 is 2.05 bits per heavy atom. The Labute approximate surface area is 120 Å². The second-order valence-electron chi connectivity index (χ2n) is 5.77. The van der Waals surface area contributed by atoms with Crippen LogP contribution in [0.4, 0.5) is 14.5 Å². The Morgan fingerprint density at radius 1 is 1.30 bits per heavy atom. The molecule has 2 rings (SSSR count). The van der Waals surface area contributed by atoms with Crippen molar-refractivity contribution >= 4 is 5.69 Å². The maximum atomic E-state index is 14.1. The molecular weight excluding hydrogens is 258 g/mol. The fourth-order valence-corrected chi connectivity index (χ4v) is 2.92. The number of rotatable bonds is 4. The fourth-order valence-electron chi connectivity index (χ4n) is 2.92. The van der Waals surface area contributed by atoms with Crippen LogP contribution in [0, 0.1) is 18.6 Å². The van der Waals surface area contributed by atoms with Gasteiger partial charge in [-0.2, -0.15) is 0 Å². The Balaban J connectivity index is 2.09. The largest absolute Gasteiger partial charge is 0.366 e. The standard InChI is InChI=1S/C16H24F2N2/c1-4-6-19-13-5-7-20(12(3)9-13)16-10-14(17)11(2)8-15(16)18/h8,10,12-13,19H,4-7,9H2,1-3H3. The molecule has 20 heavy (non-hydrogen) atoms. The zero-order valence-electron chi connectivity index (χ0n) is 12.5. The van der Waals surface area contributed by atoms with E-state index < -0.39 is 0 Å². The van der Waals surface area contributed by atoms with Crippen molar-refractivity contribution < 1.29 is 8.78 Å². The molecule has 1 N–H and O–H groups in total. The van der Waals surface area contributed by atoms with Crippen molar-refractivity contribution in [3.05, 3.63) is 29.3 Å². The van der Waals surface area contributed by atoms with Crippen LogP contribution in [0.5, 0.6) is 0 Å². The number of anilines is 1. The van der Waals surface area contributed by atoms with Crippen molar-refractivity contribution in [2.24, 2.45) is 0 Å². The van der Waals surface area contributed by atoms with E-state index >= 15 is 0 Å². The second-order valence-corrected chi connectivity index (χ2v) is 5.77. The molecule has 1 aromatic rings. The van der Waals surface area contributed by atoms with E-state index in [2.05, 4.69) is 19.2 Å². The minimum Gasteiger partial charge on any atom is -0.366 e. The maximum Gasteiger partial charge on any atom is 0.146 e. The molecule has 0 amide bonds. The van der Waals surface area contributed by atoms with Crippen molar-refractivity contribution in [2.45, 2.75) is 52.1 Å². The van der Waals surface area contributed by atoms with Gasteiger partial charge in [0.15, 0.2) is 0 Å². The number of halogens is 2. The number of hydrogen-bond donors (Lipinski definition) is 1. The van der Waals surface area contributed by atoms with Gasteiger partial charge in [0, 0.05) is 24.7 Å². The third-order valence-electron chi connectivity index (χ3n) is 4.10. The summed E-state index contributed by atoms with van der Waals surface area (Å²) < 4.78 is 27.7. The van der Waals surface area contributed by atoms with Gasteiger partial charge in [-0.3, -0.25) is 0 Å². The zero-order valence-corrected chi connectivity index (χ0v) is 12.5. The summed E-state index contributed by atoms with van der Waals surface area (Å²) >= 11 is 0. The summed E-state index contributed by atoms with van der Waals surface area (Å²) in [6.07, 6.45) is 3.06. The normalized spacial score (nSPS) is 23.1. The monoisotopic (exact) mass is 282 g/mol. The van der Waals surface area contributed by atoms with Crippen molar-refractivity contribution in [2.75, 3.05) is 18.0 Å². The summed E-state index contributed by atoms with van der Waals surface area (Å²) in [5.41, 5.74) is 0.757. The third kappa shape index (κ3) is 3.29. The number of nitrogens with one attached hydrogen (secondary N) is 1. The molecular formula is C16H24F2N2. The van der Waals surface area contributed by atoms with Crippen LogP contribution in [0.15, 0.2) is 12.1 Å². The molecule has 0 aliphatic carbocycles. The van der Waals surface area contributed by atoms with Gasteiger partial charge in [0.2, 0.25) is 0 Å². The fraction of sp³-hybridized carbons (Fsp3) is 0.625. The van der Waals surface area contributed by atoms with E-state index in [1.54, 1.807) is 6.92 Å². The zero-order chi connectivity index (χ0) is 14.7. The number of benzene rings is 1. The molecule has 112 valence electrons. The first kappa shape index (κ1) is 15.2. The van der Waals surface area contributed by atoms with Crippen LogP contribution in [0.2, 0.25) is 0 Å². The van der Waals surface area contributed by atoms with Gasteiger partial charge in [0.05, 0.1) is 5.69 Å². The highest BCUT2D eigenvalue weighted by Gasteiger charge is 2.27. The van der Waals surface area contributed by atoms with Gasteiger partial charge >= 0.3 is 0 Å². The number of hydrogen-bond acceptors (Lipinski definition) is 2. The van der Waals surface area contributed by atoms with Gasteiger partial charge in [0.25, 0.3) is 0 Å². The van der Waals surface area contributed by atoms with Gasteiger partial charge in [-0.05, 0) is 51.3 Å². The molecule has 1 aliphatic rings. The highest BCUT2D eigenvalue weighted by molar-refractivity contribution is 5.51. The number of nitrogens with zero attached hydrogens (tertiary/aromatic N) is 1. The molecule has 1 saturated heterocycles. The lowest BCUT2D eigenvalue weighted by Gasteiger charge is -2.39. The van der Waals surface area contributed by atoms with Crippen LogP contribution in [0.1, 0.15) is 38.7 Å². The van der Waals surface area contributed by atoms with E-state index in [-0.39, 0.29) is 17.7 Å². The van der Waals surface area contributed by atoms with Crippen LogP contribution in [0.25, 0.3) is 0 Å². The molecule has 2 unspecified atom stereocenters. The molecule has 1 aromatic carbocycles. The SMILES string of the molecule is CCCNC1CCN(c2cc(F)c(C)cc2F)C(C)C1. The van der Waals surface area contributed by atoms with Gasteiger partial charge in [-0.15, -0.1) is 0 Å². The van der Waals surface area contributed by atoms with Crippen LogP contribution >= 0.6 is 0 Å². The molecule has 1 heterocycles. The van der Waals surface area contributed by atoms with Crippen LogP contribution < -0.4 is 10.2 Å². The van der Waals surface area contributed by atoms with Crippen LogP contribution in [-0.4, -0.2) is 25.2 Å². The minimum absolute atomic E-state index is 0.217. The second kappa shape index (κ2) is 6.53. The molecule has 0 bridgehead atoms. The van der Waals surface area contributed by atoms with Crippen molar-refractivity contribution in [3.63, 3.8) is 0 Å². The van der Waals surface area contributed by atoms with Crippen molar-refractivity contribution in [3.8, 4) is 0 Å². The molecule has 4 heteroatoms. The van der Waals surface area contributed by atoms with Crippen LogP contribution in [-0.2, 0) is 0 Å². The number of aryl methyl sites for hydroxylation is 1. The highest BCUT2D eigenvalue weighted by Crippen LogP contribution is 2.29. The summed E-state index contributed by atoms with van der Waals surface area (Å²) in [5, 5.41) is 3.51. The molecule has 0 saturated carbocycles. The average Bonchev–Trinajstić information content (AvgIpc) is 2.41. The van der Waals surface area contributed by atoms with Gasteiger partial charge in [-0.1, -0.05) is 6.92 Å². The summed E-state index contributed by atoms with van der Waals surface area (Å²) in [4.78, 5) is 1.99. The van der Waals surface area contributed by atoms with Gasteiger partial charge < -0.3 is 10.2 Å². The van der Waals surface area contributed by atoms with E-state index in [1.165, 1.54) is 12.1 Å². The smallest absolute Gasteiger partial charge is 0.146 e. The summed E-state index contributed by atoms with van der Waals surface area (Å²) in [6.45, 7) is 7.60. The Bertz CT molecular complexity index is 462. The van der Waals surface area contributed by atoms with E-state index in [0.717, 1.165) is 32.4 Å². The van der Waals surface area contributed by atoms with E-state index in [0.29, 0.717) is 17.3 Å². The summed E-state index contributed by atoms with van der Waals surface area (Å²) in [6, 6.07) is 3.33. The van der Waals surface area contributed by atoms with E-state index in [4.69, 9.17) is 0 Å². The molecule has 0 spiro atoms. The summed E-state index contributed by atoms with van der Waals surface area (Å²) in [7, 11) is 0.